The molecule has 6 nitrogen and oxygen atoms in total. The lowest BCUT2D eigenvalue weighted by molar-refractivity contribution is -0.125. The van der Waals surface area contributed by atoms with Gasteiger partial charge < -0.3 is 9.84 Å². The van der Waals surface area contributed by atoms with Crippen molar-refractivity contribution in [2.24, 2.45) is 5.92 Å². The fourth-order valence-electron chi connectivity index (χ4n) is 3.10. The Balaban J connectivity index is 1.38. The molecule has 1 aromatic carbocycles. The molecule has 0 bridgehead atoms. The number of halogens is 1. The fraction of sp³-hybridized carbons (Fsp3) is 0.278. The van der Waals surface area contributed by atoms with E-state index in [1.54, 1.807) is 18.3 Å². The van der Waals surface area contributed by atoms with Crippen molar-refractivity contribution in [3.63, 3.8) is 0 Å². The van der Waals surface area contributed by atoms with E-state index in [0.717, 1.165) is 30.6 Å². The van der Waals surface area contributed by atoms with Crippen LogP contribution in [0.15, 0.2) is 47.1 Å². The second-order valence-electron chi connectivity index (χ2n) is 6.12. The molecular formula is C18H17ClN4O2. The quantitative estimate of drug-likeness (QED) is 0.779. The Morgan fingerprint density at radius 2 is 2.24 bits per heavy atom. The molecule has 1 aliphatic heterocycles. The first-order valence-corrected chi connectivity index (χ1v) is 8.57. The fourth-order valence-corrected chi connectivity index (χ4v) is 3.33. The van der Waals surface area contributed by atoms with E-state index in [0.29, 0.717) is 23.0 Å². The number of nitrogens with zero attached hydrogens (tertiary/aromatic N) is 3. The first-order chi connectivity index (χ1) is 12.2. The van der Waals surface area contributed by atoms with Crippen molar-refractivity contribution in [3.8, 4) is 11.3 Å². The lowest BCUT2D eigenvalue weighted by atomic mass is 9.95. The van der Waals surface area contributed by atoms with Crippen molar-refractivity contribution < 1.29 is 9.32 Å². The minimum absolute atomic E-state index is 0.0286. The second kappa shape index (κ2) is 6.72. The molecule has 3 aromatic rings. The van der Waals surface area contributed by atoms with Crippen LogP contribution in [0.5, 0.6) is 0 Å². The summed E-state index contributed by atoms with van der Waals surface area (Å²) in [5.74, 6) is 0.602. The van der Waals surface area contributed by atoms with Crippen LogP contribution >= 0.6 is 11.6 Å². The highest BCUT2D eigenvalue weighted by Crippen LogP contribution is 2.28. The minimum Gasteiger partial charge on any atom is -0.356 e. The number of fused-ring (bicyclic) bond motifs is 1. The van der Waals surface area contributed by atoms with Gasteiger partial charge in [0.05, 0.1) is 11.6 Å². The molecular weight excluding hydrogens is 340 g/mol. The predicted molar refractivity (Wildman–Crippen MR) is 92.8 cm³/mol. The molecule has 4 rings (SSSR count). The highest BCUT2D eigenvalue weighted by Gasteiger charge is 2.25. The third-order valence-corrected chi connectivity index (χ3v) is 4.79. The minimum atomic E-state index is -0.0286. The van der Waals surface area contributed by atoms with Gasteiger partial charge in [0.25, 0.3) is 0 Å². The van der Waals surface area contributed by atoms with Crippen LogP contribution in [0.2, 0.25) is 5.02 Å². The van der Waals surface area contributed by atoms with Crippen molar-refractivity contribution in [1.82, 2.24) is 20.3 Å². The maximum absolute atomic E-state index is 12.4. The highest BCUT2D eigenvalue weighted by atomic mass is 35.5. The lowest BCUT2D eigenvalue weighted by Crippen LogP contribution is -2.35. The third kappa shape index (κ3) is 3.30. The Labute approximate surface area is 149 Å². The van der Waals surface area contributed by atoms with Crippen molar-refractivity contribution >= 4 is 17.5 Å². The summed E-state index contributed by atoms with van der Waals surface area (Å²) >= 11 is 6.16. The smallest absolute Gasteiger partial charge is 0.223 e. The first-order valence-electron chi connectivity index (χ1n) is 8.19. The van der Waals surface area contributed by atoms with Crippen LogP contribution in [0.25, 0.3) is 11.3 Å². The number of aryl methyl sites for hydroxylation is 1. The monoisotopic (exact) mass is 356 g/mol. The standard InChI is InChI=1S/C18H17ClN4O2/c19-16-4-2-1-3-15(16)17-10-13(22-25-17)11-20-18(24)12-6-8-23-14(9-12)5-7-21-23/h1-5,7,10,12H,6,8-9,11H2,(H,20,24). The molecule has 0 saturated heterocycles. The largest absolute Gasteiger partial charge is 0.356 e. The third-order valence-electron chi connectivity index (χ3n) is 4.46. The van der Waals surface area contributed by atoms with E-state index < -0.39 is 0 Å². The summed E-state index contributed by atoms with van der Waals surface area (Å²) in [6, 6.07) is 11.2. The number of rotatable bonds is 4. The Morgan fingerprint density at radius 1 is 1.36 bits per heavy atom. The molecule has 2 aromatic heterocycles. The molecule has 25 heavy (non-hydrogen) atoms. The number of amides is 1. The Hall–Kier alpha value is -2.60. The van der Waals surface area contributed by atoms with Gasteiger partial charge in [-0.15, -0.1) is 0 Å². The summed E-state index contributed by atoms with van der Waals surface area (Å²) < 4.78 is 7.30. The molecule has 0 saturated carbocycles. The zero-order valence-electron chi connectivity index (χ0n) is 13.5. The van der Waals surface area contributed by atoms with E-state index in [-0.39, 0.29) is 11.8 Å². The summed E-state index contributed by atoms with van der Waals surface area (Å²) in [6.45, 7) is 1.11. The number of aromatic nitrogens is 3. The predicted octanol–water partition coefficient (Wildman–Crippen LogP) is 3.07. The SMILES string of the molecule is O=C(NCc1cc(-c2ccccc2Cl)on1)C1CCn2nccc2C1. The number of hydrogen-bond acceptors (Lipinski definition) is 4. The van der Waals surface area contributed by atoms with E-state index in [9.17, 15) is 4.79 Å². The summed E-state index contributed by atoms with van der Waals surface area (Å²) in [4.78, 5) is 12.4. The number of benzene rings is 1. The van der Waals surface area contributed by atoms with Crippen LogP contribution in [0.3, 0.4) is 0 Å². The highest BCUT2D eigenvalue weighted by molar-refractivity contribution is 6.33. The summed E-state index contributed by atoms with van der Waals surface area (Å²) in [6.07, 6.45) is 3.29. The molecule has 3 heterocycles. The summed E-state index contributed by atoms with van der Waals surface area (Å²) in [7, 11) is 0. The molecule has 1 unspecified atom stereocenters. The van der Waals surface area contributed by atoms with Gasteiger partial charge in [-0.2, -0.15) is 5.10 Å². The number of carbonyl (C=O) groups is 1. The normalized spacial score (nSPS) is 16.4. The van der Waals surface area contributed by atoms with Gasteiger partial charge in [-0.1, -0.05) is 28.9 Å². The maximum atomic E-state index is 12.4. The lowest BCUT2D eigenvalue weighted by Gasteiger charge is -2.22. The zero-order valence-corrected chi connectivity index (χ0v) is 14.2. The Bertz CT molecular complexity index is 902. The molecule has 1 N–H and O–H groups in total. The summed E-state index contributed by atoms with van der Waals surface area (Å²) in [5.41, 5.74) is 2.56. The van der Waals surface area contributed by atoms with E-state index in [1.807, 2.05) is 28.9 Å². The molecule has 1 aliphatic rings. The van der Waals surface area contributed by atoms with E-state index in [4.69, 9.17) is 16.1 Å². The molecule has 0 radical (unpaired) electrons. The molecule has 1 atom stereocenters. The van der Waals surface area contributed by atoms with Crippen LogP contribution in [0.4, 0.5) is 0 Å². The van der Waals surface area contributed by atoms with Gasteiger partial charge in [0.2, 0.25) is 5.91 Å². The summed E-state index contributed by atoms with van der Waals surface area (Å²) in [5, 5.41) is 11.8. The van der Waals surface area contributed by atoms with Gasteiger partial charge in [-0.3, -0.25) is 9.48 Å². The maximum Gasteiger partial charge on any atom is 0.223 e. The first kappa shape index (κ1) is 15.9. The van der Waals surface area contributed by atoms with Gasteiger partial charge in [-0.05, 0) is 24.6 Å². The van der Waals surface area contributed by atoms with Gasteiger partial charge in [0.15, 0.2) is 5.76 Å². The second-order valence-corrected chi connectivity index (χ2v) is 6.52. The van der Waals surface area contributed by atoms with Crippen LogP contribution in [0.1, 0.15) is 17.8 Å². The van der Waals surface area contributed by atoms with Crippen molar-refractivity contribution in [3.05, 3.63) is 59.0 Å². The van der Waals surface area contributed by atoms with E-state index >= 15 is 0 Å². The zero-order chi connectivity index (χ0) is 17.2. The van der Waals surface area contributed by atoms with Gasteiger partial charge >= 0.3 is 0 Å². The molecule has 0 spiro atoms. The average Bonchev–Trinajstić information content (AvgIpc) is 3.28. The topological polar surface area (TPSA) is 73.0 Å². The Morgan fingerprint density at radius 3 is 3.12 bits per heavy atom. The number of carbonyl (C=O) groups excluding carboxylic acids is 1. The molecule has 0 aliphatic carbocycles. The van der Waals surface area contributed by atoms with E-state index in [1.165, 1.54) is 0 Å². The number of hydrogen-bond donors (Lipinski definition) is 1. The van der Waals surface area contributed by atoms with Gasteiger partial charge in [0.1, 0.15) is 5.69 Å². The van der Waals surface area contributed by atoms with Gasteiger partial charge in [-0.25, -0.2) is 0 Å². The van der Waals surface area contributed by atoms with Crippen LogP contribution in [-0.2, 0) is 24.3 Å². The van der Waals surface area contributed by atoms with Crippen molar-refractivity contribution in [1.29, 1.82) is 0 Å². The van der Waals surface area contributed by atoms with Crippen LogP contribution in [0, 0.1) is 5.92 Å². The van der Waals surface area contributed by atoms with Crippen molar-refractivity contribution in [2.45, 2.75) is 25.9 Å². The van der Waals surface area contributed by atoms with Crippen LogP contribution in [-0.4, -0.2) is 20.8 Å². The van der Waals surface area contributed by atoms with Crippen molar-refractivity contribution in [2.75, 3.05) is 0 Å². The van der Waals surface area contributed by atoms with Crippen LogP contribution < -0.4 is 5.32 Å². The molecule has 7 heteroatoms. The average molecular weight is 357 g/mol. The van der Waals surface area contributed by atoms with E-state index in [2.05, 4.69) is 15.6 Å². The Kier molecular flexibility index (Phi) is 4.28. The molecule has 0 fully saturated rings. The van der Waals surface area contributed by atoms with Gasteiger partial charge in [0, 0.05) is 42.4 Å². The molecule has 1 amide bonds. The number of nitrogens with one attached hydrogen (secondary N) is 1. The molecule has 128 valence electrons.